The van der Waals surface area contributed by atoms with Crippen LogP contribution in [0.15, 0.2) is 10.1 Å². The standard InChI is InChI=1S/C8H17N3/c1-8(2)5-4-6-10-11-7-9-3/h6-8H,4-5H2,1-3H3,(H,9,11)/b10-6-. The van der Waals surface area contributed by atoms with Gasteiger partial charge in [0.2, 0.25) is 0 Å². The Morgan fingerprint density at radius 3 is 2.73 bits per heavy atom. The van der Waals surface area contributed by atoms with E-state index in [1.807, 2.05) is 6.21 Å². The molecule has 0 bridgehead atoms. The number of nitrogens with zero attached hydrogens (tertiary/aromatic N) is 2. The fourth-order valence-corrected chi connectivity index (χ4v) is 0.616. The quantitative estimate of drug-likeness (QED) is 0.366. The van der Waals surface area contributed by atoms with Crippen LogP contribution in [0.3, 0.4) is 0 Å². The summed E-state index contributed by atoms with van der Waals surface area (Å²) in [7, 11) is 1.70. The average Bonchev–Trinajstić information content (AvgIpc) is 1.96. The maximum atomic E-state index is 3.91. The van der Waals surface area contributed by atoms with Gasteiger partial charge in [0.05, 0.1) is 0 Å². The van der Waals surface area contributed by atoms with Gasteiger partial charge >= 0.3 is 0 Å². The molecule has 0 aromatic heterocycles. The first-order valence-corrected chi connectivity index (χ1v) is 3.95. The fourth-order valence-electron chi connectivity index (χ4n) is 0.616. The lowest BCUT2D eigenvalue weighted by Gasteiger charge is -1.97. The van der Waals surface area contributed by atoms with Crippen molar-refractivity contribution in [1.29, 1.82) is 0 Å². The van der Waals surface area contributed by atoms with Crippen LogP contribution < -0.4 is 5.43 Å². The second-order valence-corrected chi connectivity index (χ2v) is 2.80. The second kappa shape index (κ2) is 7.25. The van der Waals surface area contributed by atoms with Gasteiger partial charge in [-0.25, -0.2) is 0 Å². The number of hydrogen-bond acceptors (Lipinski definition) is 2. The van der Waals surface area contributed by atoms with Gasteiger partial charge in [-0.2, -0.15) is 5.10 Å². The summed E-state index contributed by atoms with van der Waals surface area (Å²) in [5.41, 5.74) is 2.69. The maximum absolute atomic E-state index is 3.91. The molecule has 0 aromatic carbocycles. The molecule has 0 atom stereocenters. The molecular weight excluding hydrogens is 138 g/mol. The maximum Gasteiger partial charge on any atom is 0.103 e. The molecule has 1 N–H and O–H groups in total. The van der Waals surface area contributed by atoms with Gasteiger partial charge in [0.25, 0.3) is 0 Å². The smallest absolute Gasteiger partial charge is 0.103 e. The highest BCUT2D eigenvalue weighted by Gasteiger charge is 1.89. The molecular formula is C8H17N3. The predicted molar refractivity (Wildman–Crippen MR) is 50.1 cm³/mol. The summed E-state index contributed by atoms with van der Waals surface area (Å²) in [6.07, 6.45) is 5.66. The van der Waals surface area contributed by atoms with Gasteiger partial charge < -0.3 is 0 Å². The average molecular weight is 155 g/mol. The Balaban J connectivity index is 3.16. The van der Waals surface area contributed by atoms with Crippen molar-refractivity contribution in [1.82, 2.24) is 5.43 Å². The van der Waals surface area contributed by atoms with Gasteiger partial charge in [0.15, 0.2) is 0 Å². The molecule has 0 saturated heterocycles. The third-order valence-electron chi connectivity index (χ3n) is 1.23. The first-order chi connectivity index (χ1) is 5.27. The predicted octanol–water partition coefficient (Wildman–Crippen LogP) is 1.66. The van der Waals surface area contributed by atoms with Crippen LogP contribution in [0, 0.1) is 5.92 Å². The van der Waals surface area contributed by atoms with Crippen molar-refractivity contribution in [3.63, 3.8) is 0 Å². The number of hydrazone groups is 1. The molecule has 0 aromatic rings. The number of hydrogen-bond donors (Lipinski definition) is 1. The normalized spacial score (nSPS) is 12.0. The van der Waals surface area contributed by atoms with Gasteiger partial charge in [0.1, 0.15) is 6.34 Å². The fraction of sp³-hybridized carbons (Fsp3) is 0.750. The summed E-state index contributed by atoms with van der Waals surface area (Å²) in [5, 5.41) is 3.91. The molecule has 0 aliphatic rings. The number of nitrogens with one attached hydrogen (secondary N) is 1. The molecule has 0 saturated carbocycles. The van der Waals surface area contributed by atoms with E-state index in [0.717, 1.165) is 12.3 Å². The van der Waals surface area contributed by atoms with Crippen LogP contribution in [-0.4, -0.2) is 19.6 Å². The Labute approximate surface area is 68.6 Å². The Kier molecular flexibility index (Phi) is 6.68. The molecule has 0 amide bonds. The lowest BCUT2D eigenvalue weighted by atomic mass is 10.1. The van der Waals surface area contributed by atoms with Crippen LogP contribution in [0.1, 0.15) is 26.7 Å². The highest BCUT2D eigenvalue weighted by molar-refractivity contribution is 5.60. The minimum atomic E-state index is 0.751. The van der Waals surface area contributed by atoms with E-state index in [4.69, 9.17) is 0 Å². The summed E-state index contributed by atoms with van der Waals surface area (Å²) < 4.78 is 0. The molecule has 0 radical (unpaired) electrons. The molecule has 11 heavy (non-hydrogen) atoms. The summed E-state index contributed by atoms with van der Waals surface area (Å²) in [6.45, 7) is 4.41. The molecule has 0 aliphatic heterocycles. The second-order valence-electron chi connectivity index (χ2n) is 2.80. The van der Waals surface area contributed by atoms with Crippen LogP contribution in [0.2, 0.25) is 0 Å². The summed E-state index contributed by atoms with van der Waals surface area (Å²) in [4.78, 5) is 3.72. The van der Waals surface area contributed by atoms with Gasteiger partial charge in [-0.15, -0.1) is 0 Å². The zero-order valence-electron chi connectivity index (χ0n) is 7.54. The van der Waals surface area contributed by atoms with Crippen molar-refractivity contribution < 1.29 is 0 Å². The largest absolute Gasteiger partial charge is 0.277 e. The van der Waals surface area contributed by atoms with Gasteiger partial charge in [-0.3, -0.25) is 10.4 Å². The molecule has 3 nitrogen and oxygen atoms in total. The number of rotatable bonds is 5. The molecule has 0 unspecified atom stereocenters. The van der Waals surface area contributed by atoms with Crippen LogP contribution >= 0.6 is 0 Å². The monoisotopic (exact) mass is 155 g/mol. The van der Waals surface area contributed by atoms with E-state index < -0.39 is 0 Å². The van der Waals surface area contributed by atoms with Gasteiger partial charge in [0, 0.05) is 13.3 Å². The SMILES string of the molecule is CN=CN/N=C\CCC(C)C. The number of aliphatic imine (C=N–C) groups is 1. The first kappa shape index (κ1) is 10.1. The zero-order chi connectivity index (χ0) is 8.53. The Morgan fingerprint density at radius 2 is 2.18 bits per heavy atom. The van der Waals surface area contributed by atoms with Crippen molar-refractivity contribution in [3.8, 4) is 0 Å². The third kappa shape index (κ3) is 9.14. The van der Waals surface area contributed by atoms with Gasteiger partial charge in [-0.1, -0.05) is 13.8 Å². The molecule has 0 heterocycles. The van der Waals surface area contributed by atoms with E-state index in [0.29, 0.717) is 0 Å². The van der Waals surface area contributed by atoms with E-state index in [9.17, 15) is 0 Å². The Morgan fingerprint density at radius 1 is 1.45 bits per heavy atom. The van der Waals surface area contributed by atoms with Crippen molar-refractivity contribution >= 4 is 12.6 Å². The van der Waals surface area contributed by atoms with E-state index >= 15 is 0 Å². The van der Waals surface area contributed by atoms with Gasteiger partial charge in [-0.05, 0) is 18.8 Å². The van der Waals surface area contributed by atoms with Crippen molar-refractivity contribution in [2.75, 3.05) is 7.05 Å². The lowest BCUT2D eigenvalue weighted by molar-refractivity contribution is 0.605. The van der Waals surface area contributed by atoms with Crippen LogP contribution in [0.25, 0.3) is 0 Å². The Bertz CT molecular complexity index is 127. The minimum absolute atomic E-state index is 0.751. The summed E-state index contributed by atoms with van der Waals surface area (Å²) in [6, 6.07) is 0. The molecule has 3 heteroatoms. The summed E-state index contributed by atoms with van der Waals surface area (Å²) >= 11 is 0. The van der Waals surface area contributed by atoms with Crippen LogP contribution in [0.4, 0.5) is 0 Å². The third-order valence-corrected chi connectivity index (χ3v) is 1.23. The van der Waals surface area contributed by atoms with E-state index in [-0.39, 0.29) is 0 Å². The highest BCUT2D eigenvalue weighted by Crippen LogP contribution is 2.00. The van der Waals surface area contributed by atoms with E-state index in [1.165, 1.54) is 6.42 Å². The minimum Gasteiger partial charge on any atom is -0.277 e. The van der Waals surface area contributed by atoms with E-state index in [2.05, 4.69) is 29.4 Å². The first-order valence-electron chi connectivity index (χ1n) is 3.95. The Hall–Kier alpha value is -0.860. The van der Waals surface area contributed by atoms with Crippen molar-refractivity contribution in [2.24, 2.45) is 16.0 Å². The molecule has 0 spiro atoms. The van der Waals surface area contributed by atoms with E-state index in [1.54, 1.807) is 13.4 Å². The van der Waals surface area contributed by atoms with Crippen LogP contribution in [0.5, 0.6) is 0 Å². The molecule has 64 valence electrons. The summed E-state index contributed by atoms with van der Waals surface area (Å²) in [5.74, 6) is 0.751. The lowest BCUT2D eigenvalue weighted by Crippen LogP contribution is -2.01. The molecule has 0 fully saturated rings. The van der Waals surface area contributed by atoms with Crippen LogP contribution in [-0.2, 0) is 0 Å². The molecule has 0 aliphatic carbocycles. The molecule has 0 rings (SSSR count). The highest BCUT2D eigenvalue weighted by atomic mass is 15.3. The van der Waals surface area contributed by atoms with Crippen molar-refractivity contribution in [3.05, 3.63) is 0 Å². The topological polar surface area (TPSA) is 36.8 Å². The van der Waals surface area contributed by atoms with Crippen molar-refractivity contribution in [2.45, 2.75) is 26.7 Å². The zero-order valence-corrected chi connectivity index (χ0v) is 7.54.